The lowest BCUT2D eigenvalue weighted by molar-refractivity contribution is -0.147. The van der Waals surface area contributed by atoms with Gasteiger partial charge in [-0.1, -0.05) is 60.7 Å². The molecule has 0 aliphatic heterocycles. The third kappa shape index (κ3) is 7.92. The smallest absolute Gasteiger partial charge is 0.408 e. The number of ether oxygens (including phenoxy) is 2. The second-order valence-corrected chi connectivity index (χ2v) is 6.14. The summed E-state index contributed by atoms with van der Waals surface area (Å²) in [6, 6.07) is 18.0. The van der Waals surface area contributed by atoms with Crippen LogP contribution in [0.1, 0.15) is 30.4 Å². The fourth-order valence-electron chi connectivity index (χ4n) is 2.48. The Hall–Kier alpha value is -2.86. The van der Waals surface area contributed by atoms with E-state index in [1.54, 1.807) is 0 Å². The van der Waals surface area contributed by atoms with Gasteiger partial charge in [0.15, 0.2) is 0 Å². The van der Waals surface area contributed by atoms with E-state index >= 15 is 0 Å². The first kappa shape index (κ1) is 20.5. The van der Waals surface area contributed by atoms with Crippen LogP contribution in [0.5, 0.6) is 0 Å². The number of hydrogen-bond donors (Lipinski definition) is 2. The summed E-state index contributed by atoms with van der Waals surface area (Å²) >= 11 is 0. The number of nitrogens with two attached hydrogens (primary N) is 1. The maximum absolute atomic E-state index is 12.4. The fraction of sp³-hybridized carbons (Fsp3) is 0.333. The van der Waals surface area contributed by atoms with E-state index in [0.717, 1.165) is 17.5 Å². The molecule has 27 heavy (non-hydrogen) atoms. The summed E-state index contributed by atoms with van der Waals surface area (Å²) in [6.45, 7) is 0.833. The number of hydrogen-bond acceptors (Lipinski definition) is 5. The third-order valence-electron chi connectivity index (χ3n) is 3.96. The standard InChI is InChI=1S/C21H26N2O4/c22-14-8-7-13-19(20(24)26-15-17-9-3-1-4-10-17)23-21(25)27-16-18-11-5-2-6-12-18/h1-6,9-12,19H,7-8,13-16,22H2,(H,23,25)/t19-/m0/s1. The second-order valence-electron chi connectivity index (χ2n) is 6.14. The summed E-state index contributed by atoms with van der Waals surface area (Å²) in [5, 5.41) is 2.61. The van der Waals surface area contributed by atoms with Crippen LogP contribution in [0, 0.1) is 0 Å². The Kier molecular flexibility index (Phi) is 8.86. The molecule has 0 aliphatic rings. The van der Waals surface area contributed by atoms with Crippen LogP contribution in [0.2, 0.25) is 0 Å². The van der Waals surface area contributed by atoms with Crippen molar-refractivity contribution in [1.82, 2.24) is 5.32 Å². The zero-order chi connectivity index (χ0) is 19.3. The molecule has 0 saturated heterocycles. The molecule has 0 unspecified atom stereocenters. The number of benzene rings is 2. The highest BCUT2D eigenvalue weighted by atomic mass is 16.6. The minimum atomic E-state index is -0.761. The van der Waals surface area contributed by atoms with Gasteiger partial charge in [-0.25, -0.2) is 9.59 Å². The predicted octanol–water partition coefficient (Wildman–Crippen LogP) is 3.15. The van der Waals surface area contributed by atoms with Gasteiger partial charge < -0.3 is 20.5 Å². The fourth-order valence-corrected chi connectivity index (χ4v) is 2.48. The molecule has 1 amide bonds. The average molecular weight is 370 g/mol. The summed E-state index contributed by atoms with van der Waals surface area (Å²) in [4.78, 5) is 24.5. The number of alkyl carbamates (subject to hydrolysis) is 1. The number of esters is 1. The van der Waals surface area contributed by atoms with E-state index in [1.807, 2.05) is 60.7 Å². The van der Waals surface area contributed by atoms with E-state index in [2.05, 4.69) is 5.32 Å². The van der Waals surface area contributed by atoms with Crippen LogP contribution in [0.3, 0.4) is 0 Å². The monoisotopic (exact) mass is 370 g/mol. The van der Waals surface area contributed by atoms with Gasteiger partial charge in [0.2, 0.25) is 0 Å². The first-order valence-electron chi connectivity index (χ1n) is 9.07. The molecule has 0 aromatic heterocycles. The van der Waals surface area contributed by atoms with Crippen molar-refractivity contribution in [3.8, 4) is 0 Å². The molecule has 6 heteroatoms. The van der Waals surface area contributed by atoms with E-state index in [0.29, 0.717) is 19.4 Å². The van der Waals surface area contributed by atoms with Crippen LogP contribution < -0.4 is 11.1 Å². The molecule has 1 atom stereocenters. The van der Waals surface area contributed by atoms with Gasteiger partial charge in [-0.3, -0.25) is 0 Å². The summed E-state index contributed by atoms with van der Waals surface area (Å²) < 4.78 is 10.5. The summed E-state index contributed by atoms with van der Waals surface area (Å²) in [5.74, 6) is -0.479. The number of rotatable bonds is 10. The van der Waals surface area contributed by atoms with Crippen molar-refractivity contribution >= 4 is 12.1 Å². The number of nitrogens with one attached hydrogen (secondary N) is 1. The number of carbonyl (C=O) groups excluding carboxylic acids is 2. The van der Waals surface area contributed by atoms with E-state index in [-0.39, 0.29) is 13.2 Å². The van der Waals surface area contributed by atoms with Gasteiger partial charge in [-0.2, -0.15) is 0 Å². The van der Waals surface area contributed by atoms with Gasteiger partial charge in [0, 0.05) is 0 Å². The highest BCUT2D eigenvalue weighted by Crippen LogP contribution is 2.07. The molecule has 144 valence electrons. The molecule has 2 aromatic rings. The first-order chi connectivity index (χ1) is 13.2. The minimum Gasteiger partial charge on any atom is -0.459 e. The molecule has 2 aromatic carbocycles. The van der Waals surface area contributed by atoms with Crippen LogP contribution in [-0.4, -0.2) is 24.6 Å². The zero-order valence-corrected chi connectivity index (χ0v) is 15.3. The molecule has 2 rings (SSSR count). The Morgan fingerprint density at radius 2 is 1.41 bits per heavy atom. The Morgan fingerprint density at radius 1 is 0.852 bits per heavy atom. The van der Waals surface area contributed by atoms with Crippen LogP contribution in [0.25, 0.3) is 0 Å². The average Bonchev–Trinajstić information content (AvgIpc) is 2.71. The van der Waals surface area contributed by atoms with Gasteiger partial charge in [0.25, 0.3) is 0 Å². The lowest BCUT2D eigenvalue weighted by Gasteiger charge is -2.17. The lowest BCUT2D eigenvalue weighted by Crippen LogP contribution is -2.42. The maximum Gasteiger partial charge on any atom is 0.408 e. The van der Waals surface area contributed by atoms with E-state index < -0.39 is 18.1 Å². The molecule has 0 radical (unpaired) electrons. The summed E-state index contributed by atoms with van der Waals surface area (Å²) in [5.41, 5.74) is 7.27. The van der Waals surface area contributed by atoms with Crippen molar-refractivity contribution in [2.24, 2.45) is 5.73 Å². The van der Waals surface area contributed by atoms with Crippen LogP contribution in [-0.2, 0) is 27.5 Å². The van der Waals surface area contributed by atoms with Crippen LogP contribution >= 0.6 is 0 Å². The minimum absolute atomic E-state index is 0.140. The molecule has 0 bridgehead atoms. The molecule has 0 spiro atoms. The third-order valence-corrected chi connectivity index (χ3v) is 3.96. The Labute approximate surface area is 159 Å². The summed E-state index contributed by atoms with van der Waals surface area (Å²) in [7, 11) is 0. The quantitative estimate of drug-likeness (QED) is 0.495. The van der Waals surface area contributed by atoms with E-state index in [9.17, 15) is 9.59 Å². The van der Waals surface area contributed by atoms with Crippen LogP contribution in [0.4, 0.5) is 4.79 Å². The van der Waals surface area contributed by atoms with Crippen molar-refractivity contribution in [3.63, 3.8) is 0 Å². The molecule has 3 N–H and O–H groups in total. The van der Waals surface area contributed by atoms with Crippen molar-refractivity contribution in [1.29, 1.82) is 0 Å². The van der Waals surface area contributed by atoms with Gasteiger partial charge in [0.05, 0.1) is 0 Å². The van der Waals surface area contributed by atoms with Crippen molar-refractivity contribution in [3.05, 3.63) is 71.8 Å². The molecule has 6 nitrogen and oxygen atoms in total. The Morgan fingerprint density at radius 3 is 1.96 bits per heavy atom. The number of unbranched alkanes of at least 4 members (excludes halogenated alkanes) is 1. The highest BCUT2D eigenvalue weighted by molar-refractivity contribution is 5.81. The van der Waals surface area contributed by atoms with E-state index in [4.69, 9.17) is 15.2 Å². The van der Waals surface area contributed by atoms with Crippen molar-refractivity contribution < 1.29 is 19.1 Å². The van der Waals surface area contributed by atoms with Gasteiger partial charge in [0.1, 0.15) is 19.3 Å². The number of amides is 1. The predicted molar refractivity (Wildman–Crippen MR) is 103 cm³/mol. The molecule has 0 fully saturated rings. The van der Waals surface area contributed by atoms with Gasteiger partial charge >= 0.3 is 12.1 Å². The Bertz CT molecular complexity index is 692. The molecular formula is C21H26N2O4. The largest absolute Gasteiger partial charge is 0.459 e. The second kappa shape index (κ2) is 11.7. The normalized spacial score (nSPS) is 11.4. The molecule has 0 aliphatic carbocycles. The topological polar surface area (TPSA) is 90.6 Å². The van der Waals surface area contributed by atoms with Crippen molar-refractivity contribution in [2.45, 2.75) is 38.5 Å². The maximum atomic E-state index is 12.4. The number of carbonyl (C=O) groups is 2. The van der Waals surface area contributed by atoms with Gasteiger partial charge in [-0.05, 0) is 36.9 Å². The summed E-state index contributed by atoms with van der Waals surface area (Å²) in [6.07, 6.45) is 1.28. The Balaban J connectivity index is 1.85. The molecule has 0 saturated carbocycles. The molecular weight excluding hydrogens is 344 g/mol. The molecule has 0 heterocycles. The van der Waals surface area contributed by atoms with Crippen molar-refractivity contribution in [2.75, 3.05) is 6.54 Å². The van der Waals surface area contributed by atoms with Crippen LogP contribution in [0.15, 0.2) is 60.7 Å². The zero-order valence-electron chi connectivity index (χ0n) is 15.3. The lowest BCUT2D eigenvalue weighted by atomic mass is 10.1. The highest BCUT2D eigenvalue weighted by Gasteiger charge is 2.22. The SMILES string of the molecule is NCCCC[C@H](NC(=O)OCc1ccccc1)C(=O)OCc1ccccc1. The first-order valence-corrected chi connectivity index (χ1v) is 9.07. The van der Waals surface area contributed by atoms with E-state index in [1.165, 1.54) is 0 Å². The van der Waals surface area contributed by atoms with Gasteiger partial charge in [-0.15, -0.1) is 0 Å².